The number of rotatable bonds is 2. The van der Waals surface area contributed by atoms with Crippen LogP contribution in [-0.4, -0.2) is 17.2 Å². The number of ether oxygens (including phenoxy) is 1. The zero-order chi connectivity index (χ0) is 15.7. The van der Waals surface area contributed by atoms with Gasteiger partial charge in [-0.3, -0.25) is 0 Å². The fourth-order valence-electron chi connectivity index (χ4n) is 3.58. The molecule has 114 valence electrons. The van der Waals surface area contributed by atoms with E-state index in [2.05, 4.69) is 27.5 Å². The Hall–Kier alpha value is -2.17. The van der Waals surface area contributed by atoms with Crippen LogP contribution in [0.15, 0.2) is 52.3 Å². The van der Waals surface area contributed by atoms with Gasteiger partial charge in [0.05, 0.1) is 0 Å². The predicted molar refractivity (Wildman–Crippen MR) is 82.9 cm³/mol. The van der Waals surface area contributed by atoms with E-state index in [9.17, 15) is 4.79 Å². The molecule has 0 saturated carbocycles. The summed E-state index contributed by atoms with van der Waals surface area (Å²) in [5, 5.41) is 7.30. The minimum atomic E-state index is -0.860. The molecule has 0 saturated heterocycles. The topological polar surface area (TPSA) is 87.1 Å². The lowest BCUT2D eigenvalue weighted by molar-refractivity contribution is 0.130. The van der Waals surface area contributed by atoms with Gasteiger partial charge in [0.25, 0.3) is 0 Å². The Labute approximate surface area is 132 Å². The number of carbonyl (C=O) groups is 1. The van der Waals surface area contributed by atoms with Crippen LogP contribution in [0, 0.1) is 5.92 Å². The summed E-state index contributed by atoms with van der Waals surface area (Å²) < 4.78 is 4.97. The number of hydrogen-bond donors (Lipinski definition) is 1. The molecule has 22 heavy (non-hydrogen) atoms. The van der Waals surface area contributed by atoms with Crippen molar-refractivity contribution in [2.24, 2.45) is 11.0 Å². The van der Waals surface area contributed by atoms with Crippen LogP contribution in [0.1, 0.15) is 19.8 Å². The lowest BCUT2D eigenvalue weighted by atomic mass is 9.64. The van der Waals surface area contributed by atoms with Crippen molar-refractivity contribution in [3.8, 4) is 0 Å². The standard InChI is InChI=1S/C15H15ClN4O2/c1-2-10-9-4-3-7-15(10,19-20-17)11-5-6-13(22-14(16)21)18-12(11)8-9/h2-6,9,13,18H,7-8H2,1H3/b10-2+/t9-,13?,15?/m1/s1. The molecule has 3 aliphatic rings. The molecule has 0 aromatic carbocycles. The quantitative estimate of drug-likeness (QED) is 0.273. The van der Waals surface area contributed by atoms with E-state index in [-0.39, 0.29) is 5.92 Å². The van der Waals surface area contributed by atoms with Crippen molar-refractivity contribution in [2.45, 2.75) is 31.5 Å². The Bertz CT molecular complexity index is 688. The van der Waals surface area contributed by atoms with Crippen LogP contribution >= 0.6 is 11.6 Å². The maximum Gasteiger partial charge on any atom is 0.405 e. The molecule has 2 unspecified atom stereocenters. The van der Waals surface area contributed by atoms with Crippen LogP contribution in [0.25, 0.3) is 10.4 Å². The summed E-state index contributed by atoms with van der Waals surface area (Å²) in [5.74, 6) is 0.175. The first-order valence-corrected chi connectivity index (χ1v) is 7.42. The molecule has 0 amide bonds. The largest absolute Gasteiger partial charge is 0.426 e. The Kier molecular flexibility index (Phi) is 3.72. The average Bonchev–Trinajstić information content (AvgIpc) is 2.46. The third kappa shape index (κ3) is 2.21. The molecule has 1 aliphatic heterocycles. The molecular formula is C15H15ClN4O2. The normalized spacial score (nSPS) is 33.8. The number of azide groups is 1. The van der Waals surface area contributed by atoms with Gasteiger partial charge in [-0.05, 0) is 36.9 Å². The van der Waals surface area contributed by atoms with E-state index in [1.54, 1.807) is 6.08 Å². The van der Waals surface area contributed by atoms with Crippen LogP contribution in [-0.2, 0) is 4.74 Å². The Balaban J connectivity index is 2.05. The van der Waals surface area contributed by atoms with Crippen LogP contribution in [0.4, 0.5) is 4.79 Å². The van der Waals surface area contributed by atoms with E-state index in [1.165, 1.54) is 0 Å². The first-order valence-electron chi connectivity index (χ1n) is 7.05. The third-order valence-corrected chi connectivity index (χ3v) is 4.44. The molecule has 2 aliphatic carbocycles. The van der Waals surface area contributed by atoms with E-state index < -0.39 is 17.2 Å². The van der Waals surface area contributed by atoms with Crippen LogP contribution < -0.4 is 5.32 Å². The molecule has 0 aromatic heterocycles. The average molecular weight is 319 g/mol. The first kappa shape index (κ1) is 14.8. The smallest absolute Gasteiger partial charge is 0.405 e. The van der Waals surface area contributed by atoms with Gasteiger partial charge in [0.2, 0.25) is 0 Å². The fourth-order valence-corrected chi connectivity index (χ4v) is 3.68. The minimum absolute atomic E-state index is 0.175. The molecule has 7 heteroatoms. The highest BCUT2D eigenvalue weighted by Gasteiger charge is 2.46. The van der Waals surface area contributed by atoms with Gasteiger partial charge in [-0.2, -0.15) is 0 Å². The number of fused-ring (bicyclic) bond motifs is 3. The van der Waals surface area contributed by atoms with Gasteiger partial charge in [-0.15, -0.1) is 0 Å². The van der Waals surface area contributed by atoms with Gasteiger partial charge >= 0.3 is 5.43 Å². The summed E-state index contributed by atoms with van der Waals surface area (Å²) >= 11 is 5.27. The SMILES string of the molecule is C/C=C1\[C@@H]2C=CCC1(N=[N+]=[N-])C1=C(C2)NC(OC(=O)Cl)C=C1. The fraction of sp³-hybridized carbons (Fsp3) is 0.400. The minimum Gasteiger partial charge on any atom is -0.426 e. The third-order valence-electron chi connectivity index (χ3n) is 4.35. The maximum atomic E-state index is 10.9. The zero-order valence-corrected chi connectivity index (χ0v) is 12.7. The van der Waals surface area contributed by atoms with Crippen molar-refractivity contribution in [3.63, 3.8) is 0 Å². The Morgan fingerprint density at radius 1 is 1.64 bits per heavy atom. The van der Waals surface area contributed by atoms with E-state index >= 15 is 0 Å². The van der Waals surface area contributed by atoms with E-state index in [0.29, 0.717) is 6.42 Å². The van der Waals surface area contributed by atoms with Crippen molar-refractivity contribution in [1.82, 2.24) is 5.32 Å². The molecule has 0 radical (unpaired) electrons. The number of allylic oxidation sites excluding steroid dienone is 3. The van der Waals surface area contributed by atoms with Crippen LogP contribution in [0.3, 0.4) is 0 Å². The summed E-state index contributed by atoms with van der Waals surface area (Å²) in [6.45, 7) is 1.97. The molecule has 0 spiro atoms. The number of hydrogen-bond acceptors (Lipinski definition) is 4. The monoisotopic (exact) mass is 318 g/mol. The maximum absolute atomic E-state index is 10.9. The lowest BCUT2D eigenvalue weighted by Crippen LogP contribution is -2.46. The molecule has 1 heterocycles. The second kappa shape index (κ2) is 5.55. The summed E-state index contributed by atoms with van der Waals surface area (Å²) in [4.78, 5) is 14.0. The van der Waals surface area contributed by atoms with Crippen LogP contribution in [0.5, 0.6) is 0 Å². The van der Waals surface area contributed by atoms with Gasteiger partial charge in [0.15, 0.2) is 6.23 Å². The number of dihydropyridines is 1. The van der Waals surface area contributed by atoms with Crippen molar-refractivity contribution < 1.29 is 9.53 Å². The van der Waals surface area contributed by atoms with E-state index in [0.717, 1.165) is 23.3 Å². The summed E-state index contributed by atoms with van der Waals surface area (Å²) in [6.07, 6.45) is 10.6. The van der Waals surface area contributed by atoms with Crippen molar-refractivity contribution >= 4 is 17.0 Å². The van der Waals surface area contributed by atoms with Gasteiger partial charge < -0.3 is 10.1 Å². The van der Waals surface area contributed by atoms with Crippen LogP contribution in [0.2, 0.25) is 0 Å². The van der Waals surface area contributed by atoms with Gasteiger partial charge in [-0.1, -0.05) is 35.0 Å². The van der Waals surface area contributed by atoms with Gasteiger partial charge in [-0.25, -0.2) is 4.79 Å². The van der Waals surface area contributed by atoms with Crippen molar-refractivity contribution in [3.05, 3.63) is 57.7 Å². The summed E-state index contributed by atoms with van der Waals surface area (Å²) in [7, 11) is 0. The first-order chi connectivity index (χ1) is 10.6. The molecular weight excluding hydrogens is 304 g/mol. The Morgan fingerprint density at radius 3 is 3.14 bits per heavy atom. The summed E-state index contributed by atoms with van der Waals surface area (Å²) in [6, 6.07) is 0. The predicted octanol–water partition coefficient (Wildman–Crippen LogP) is 4.08. The molecule has 0 fully saturated rings. The molecule has 3 rings (SSSR count). The highest BCUT2D eigenvalue weighted by atomic mass is 35.5. The number of nitrogens with zero attached hydrogens (tertiary/aromatic N) is 3. The highest BCUT2D eigenvalue weighted by molar-refractivity contribution is 6.61. The second-order valence-corrected chi connectivity index (χ2v) is 5.72. The van der Waals surface area contributed by atoms with Gasteiger partial charge in [0.1, 0.15) is 5.54 Å². The van der Waals surface area contributed by atoms with Crippen molar-refractivity contribution in [1.29, 1.82) is 0 Å². The molecule has 3 atom stereocenters. The van der Waals surface area contributed by atoms with Gasteiger partial charge in [0, 0.05) is 28.1 Å². The zero-order valence-electron chi connectivity index (χ0n) is 12.0. The Morgan fingerprint density at radius 2 is 2.45 bits per heavy atom. The molecule has 6 nitrogen and oxygen atoms in total. The number of carbonyl (C=O) groups excluding carboxylic acids is 1. The lowest BCUT2D eigenvalue weighted by Gasteiger charge is -2.46. The number of nitrogens with one attached hydrogen (secondary N) is 1. The number of halogens is 1. The van der Waals surface area contributed by atoms with E-state index in [1.807, 2.05) is 19.1 Å². The summed E-state index contributed by atoms with van der Waals surface area (Å²) in [5.41, 5.74) is 10.5. The van der Waals surface area contributed by atoms with Crippen molar-refractivity contribution in [2.75, 3.05) is 0 Å². The molecule has 2 bridgehead atoms. The molecule has 1 N–H and O–H groups in total. The highest BCUT2D eigenvalue weighted by Crippen LogP contribution is 2.50. The molecule has 0 aromatic rings. The second-order valence-electron chi connectivity index (χ2n) is 5.41. The van der Waals surface area contributed by atoms with E-state index in [4.69, 9.17) is 21.9 Å².